The van der Waals surface area contributed by atoms with Crippen molar-refractivity contribution in [2.24, 2.45) is 9.98 Å². The van der Waals surface area contributed by atoms with E-state index in [1.807, 2.05) is 13.8 Å². The fraction of sp³-hybridized carbons (Fsp3) is 0.625. The first kappa shape index (κ1) is 26.5. The number of hydrogen-bond acceptors (Lipinski definition) is 6. The smallest absolute Gasteiger partial charge is 0.616 e. The van der Waals surface area contributed by atoms with Gasteiger partial charge in [0.2, 0.25) is 0 Å². The molecule has 23 heavy (non-hydrogen) atoms. The van der Waals surface area contributed by atoms with Crippen molar-refractivity contribution >= 4 is 11.4 Å². The average Bonchev–Trinajstić information content (AvgIpc) is 2.51. The van der Waals surface area contributed by atoms with Crippen molar-refractivity contribution in [2.45, 2.75) is 40.5 Å². The standard InChI is InChI=1S/2C8H15NO2.Zn/c2*1-4-5-9-7(2)6-8(10)11-3;/h2*6,10H,4-5H2,1-3H3;/q;;+2/p-2/b2*8-6+,9-7?;. The van der Waals surface area contributed by atoms with Gasteiger partial charge in [-0.05, 0) is 53.1 Å². The van der Waals surface area contributed by atoms with Gasteiger partial charge in [0.1, 0.15) is 0 Å². The molecule has 0 saturated carbocycles. The first-order valence-corrected chi connectivity index (χ1v) is 7.28. The largest absolute Gasteiger partial charge is 2.00 e. The van der Waals surface area contributed by atoms with Gasteiger partial charge in [-0.15, -0.1) is 0 Å². The van der Waals surface area contributed by atoms with Crippen molar-refractivity contribution in [3.63, 3.8) is 0 Å². The number of hydrogen-bond donors (Lipinski definition) is 0. The first-order chi connectivity index (χ1) is 10.4. The van der Waals surface area contributed by atoms with Gasteiger partial charge in [-0.3, -0.25) is 9.98 Å². The molecule has 0 rings (SSSR count). The predicted molar refractivity (Wildman–Crippen MR) is 86.7 cm³/mol. The molecule has 0 aromatic heterocycles. The molecular formula is C16H28N2O4Zn. The third-order valence-corrected chi connectivity index (χ3v) is 2.23. The summed E-state index contributed by atoms with van der Waals surface area (Å²) in [6, 6.07) is 0. The van der Waals surface area contributed by atoms with E-state index in [-0.39, 0.29) is 31.4 Å². The molecule has 0 unspecified atom stereocenters. The molecule has 0 atom stereocenters. The maximum absolute atomic E-state index is 10.6. The van der Waals surface area contributed by atoms with Gasteiger partial charge < -0.3 is 19.7 Å². The monoisotopic (exact) mass is 376 g/mol. The second-order valence-electron chi connectivity index (χ2n) is 4.38. The van der Waals surface area contributed by atoms with Gasteiger partial charge in [0.05, 0.1) is 11.9 Å². The molecule has 0 saturated heterocycles. The Kier molecular flexibility index (Phi) is 21.6. The van der Waals surface area contributed by atoms with Gasteiger partial charge >= 0.3 is 19.5 Å². The molecule has 7 heteroatoms. The summed E-state index contributed by atoms with van der Waals surface area (Å²) in [7, 11) is 2.71. The molecule has 0 radical (unpaired) electrons. The van der Waals surface area contributed by atoms with Crippen LogP contribution in [0.1, 0.15) is 40.5 Å². The number of nitrogens with zero attached hydrogens (tertiary/aromatic N) is 2. The summed E-state index contributed by atoms with van der Waals surface area (Å²) >= 11 is 0. The molecule has 0 amide bonds. The van der Waals surface area contributed by atoms with Gasteiger partial charge in [0.15, 0.2) is 0 Å². The summed E-state index contributed by atoms with van der Waals surface area (Å²) < 4.78 is 8.85. The molecule has 0 N–H and O–H groups in total. The van der Waals surface area contributed by atoms with E-state index in [1.54, 1.807) is 13.8 Å². The fourth-order valence-electron chi connectivity index (χ4n) is 1.13. The molecule has 0 aromatic rings. The molecule has 0 aliphatic carbocycles. The second-order valence-corrected chi connectivity index (χ2v) is 4.38. The Hall–Kier alpha value is -1.36. The summed E-state index contributed by atoms with van der Waals surface area (Å²) in [5.74, 6) is -0.690. The van der Waals surface area contributed by atoms with Crippen molar-refractivity contribution in [3.8, 4) is 0 Å². The van der Waals surface area contributed by atoms with E-state index >= 15 is 0 Å². The zero-order valence-electron chi connectivity index (χ0n) is 15.2. The summed E-state index contributed by atoms with van der Waals surface area (Å²) in [5, 5.41) is 21.3. The molecule has 128 valence electrons. The van der Waals surface area contributed by atoms with Crippen molar-refractivity contribution < 1.29 is 39.2 Å². The van der Waals surface area contributed by atoms with Gasteiger partial charge in [-0.25, -0.2) is 0 Å². The quantitative estimate of drug-likeness (QED) is 0.363. The van der Waals surface area contributed by atoms with Gasteiger partial charge in [0.25, 0.3) is 0 Å². The summed E-state index contributed by atoms with van der Waals surface area (Å²) in [6.07, 6.45) is 4.75. The zero-order valence-corrected chi connectivity index (χ0v) is 18.2. The van der Waals surface area contributed by atoms with Crippen LogP contribution in [0.15, 0.2) is 34.0 Å². The molecular weight excluding hydrogens is 350 g/mol. The summed E-state index contributed by atoms with van der Waals surface area (Å²) in [4.78, 5) is 8.18. The van der Waals surface area contributed by atoms with Crippen molar-refractivity contribution in [1.29, 1.82) is 0 Å². The Morgan fingerprint density at radius 3 is 1.35 bits per heavy atom. The van der Waals surface area contributed by atoms with Crippen LogP contribution in [-0.2, 0) is 29.0 Å². The third kappa shape index (κ3) is 20.6. The van der Waals surface area contributed by atoms with Crippen molar-refractivity contribution in [2.75, 3.05) is 27.3 Å². The number of rotatable bonds is 8. The van der Waals surface area contributed by atoms with E-state index in [4.69, 9.17) is 0 Å². The average molecular weight is 378 g/mol. The number of ether oxygens (including phenoxy) is 2. The second kappa shape index (κ2) is 18.7. The Bertz CT molecular complexity index is 367. The molecule has 0 aromatic carbocycles. The van der Waals surface area contributed by atoms with Crippen molar-refractivity contribution in [3.05, 3.63) is 24.0 Å². The zero-order chi connectivity index (χ0) is 17.4. The molecule has 0 heterocycles. The fourth-order valence-corrected chi connectivity index (χ4v) is 1.13. The number of allylic oxidation sites excluding steroid dienone is 2. The van der Waals surface area contributed by atoms with Crippen LogP contribution in [0.3, 0.4) is 0 Å². The number of methoxy groups -OCH3 is 2. The molecule has 6 nitrogen and oxygen atoms in total. The Balaban J connectivity index is -0.000000333. The topological polar surface area (TPSA) is 89.3 Å². The molecule has 0 spiro atoms. The van der Waals surface area contributed by atoms with Crippen LogP contribution in [0.5, 0.6) is 0 Å². The van der Waals surface area contributed by atoms with Gasteiger partial charge in [-0.1, -0.05) is 13.8 Å². The normalized spacial score (nSPS) is 12.8. The molecule has 0 aliphatic rings. The van der Waals surface area contributed by atoms with E-state index in [0.29, 0.717) is 0 Å². The van der Waals surface area contributed by atoms with E-state index in [2.05, 4.69) is 19.5 Å². The summed E-state index contributed by atoms with van der Waals surface area (Å²) in [6.45, 7) is 9.17. The Morgan fingerprint density at radius 1 is 0.826 bits per heavy atom. The minimum Gasteiger partial charge on any atom is -0.616 e. The summed E-state index contributed by atoms with van der Waals surface area (Å²) in [5.41, 5.74) is 1.44. The first-order valence-electron chi connectivity index (χ1n) is 7.28. The van der Waals surface area contributed by atoms with Crippen LogP contribution in [0, 0.1) is 0 Å². The van der Waals surface area contributed by atoms with Crippen LogP contribution in [0.4, 0.5) is 0 Å². The Labute approximate surface area is 152 Å². The van der Waals surface area contributed by atoms with Crippen LogP contribution >= 0.6 is 0 Å². The number of aliphatic imine (C=N–C) groups is 2. The molecule has 0 fully saturated rings. The minimum atomic E-state index is -0.345. The van der Waals surface area contributed by atoms with Gasteiger partial charge in [-0.2, -0.15) is 0 Å². The van der Waals surface area contributed by atoms with Crippen molar-refractivity contribution in [1.82, 2.24) is 0 Å². The Morgan fingerprint density at radius 2 is 1.13 bits per heavy atom. The van der Waals surface area contributed by atoms with E-state index in [1.165, 1.54) is 26.4 Å². The van der Waals surface area contributed by atoms with Gasteiger partial charge in [0, 0.05) is 24.5 Å². The van der Waals surface area contributed by atoms with Crippen LogP contribution < -0.4 is 10.2 Å². The predicted octanol–water partition coefficient (Wildman–Crippen LogP) is 1.41. The van der Waals surface area contributed by atoms with Crippen LogP contribution in [0.2, 0.25) is 0 Å². The maximum atomic E-state index is 10.6. The molecule has 0 bridgehead atoms. The van der Waals surface area contributed by atoms with E-state index in [0.717, 1.165) is 37.4 Å². The third-order valence-electron chi connectivity index (χ3n) is 2.23. The SMILES string of the molecule is CCCN=C(C)/C=C(\[O-])OC.CCCN=C(C)/C=C(\[O-])OC.[Zn+2]. The maximum Gasteiger partial charge on any atom is 2.00 e. The minimum absolute atomic E-state index is 0. The van der Waals surface area contributed by atoms with E-state index < -0.39 is 0 Å². The van der Waals surface area contributed by atoms with E-state index in [9.17, 15) is 10.2 Å². The molecule has 0 aliphatic heterocycles. The van der Waals surface area contributed by atoms with Crippen LogP contribution in [0.25, 0.3) is 0 Å². The van der Waals surface area contributed by atoms with Crippen LogP contribution in [-0.4, -0.2) is 38.7 Å².